The van der Waals surface area contributed by atoms with E-state index in [1.54, 1.807) is 20.4 Å². The van der Waals surface area contributed by atoms with Gasteiger partial charge in [0.2, 0.25) is 5.88 Å². The molecule has 1 aromatic rings. The van der Waals surface area contributed by atoms with Crippen LogP contribution in [0.2, 0.25) is 0 Å². The molecule has 1 saturated heterocycles. The number of nitrogens with zero attached hydrogens (tertiary/aromatic N) is 3. The van der Waals surface area contributed by atoms with E-state index in [4.69, 9.17) is 9.47 Å². The molecule has 1 N–H and O–H groups in total. The second-order valence-electron chi connectivity index (χ2n) is 8.65. The molecule has 1 aromatic heterocycles. The number of aromatic nitrogens is 2. The number of likely N-dealkylation sites (tertiary alicyclic amines) is 1. The van der Waals surface area contributed by atoms with Gasteiger partial charge in [-0.05, 0) is 31.6 Å². The Hall–Kier alpha value is -1.40. The fourth-order valence-electron chi connectivity index (χ4n) is 5.75. The second-order valence-corrected chi connectivity index (χ2v) is 8.65. The zero-order valence-corrected chi connectivity index (χ0v) is 16.7. The summed E-state index contributed by atoms with van der Waals surface area (Å²) in [6.07, 6.45) is 11.9. The van der Waals surface area contributed by atoms with Gasteiger partial charge in [0.15, 0.2) is 0 Å². The van der Waals surface area contributed by atoms with Crippen molar-refractivity contribution in [1.82, 2.24) is 14.9 Å². The van der Waals surface area contributed by atoms with Crippen molar-refractivity contribution >= 4 is 0 Å². The van der Waals surface area contributed by atoms with E-state index in [9.17, 15) is 5.11 Å². The molecule has 6 heteroatoms. The standard InChI is InChI=1S/C21H33N3O3/c1-26-19-18(11-22-20(23-19)27-2)21(25)16-9-6-10-17(21)14-24(13-16)12-15-7-4-3-5-8-15/h11,15-17,25H,3-10,12-14H2,1-2H3/t16-,17-/m1/s1. The van der Waals surface area contributed by atoms with E-state index in [0.29, 0.717) is 5.88 Å². The third-order valence-electron chi connectivity index (χ3n) is 7.09. The minimum atomic E-state index is -0.904. The van der Waals surface area contributed by atoms with Crippen LogP contribution in [0.15, 0.2) is 6.20 Å². The fraction of sp³-hybridized carbons (Fsp3) is 0.810. The lowest BCUT2D eigenvalue weighted by molar-refractivity contribution is -0.150. The average molecular weight is 376 g/mol. The molecule has 0 aromatic carbocycles. The van der Waals surface area contributed by atoms with Crippen molar-refractivity contribution in [3.63, 3.8) is 0 Å². The Bertz CT molecular complexity index is 634. The van der Waals surface area contributed by atoms with Gasteiger partial charge in [-0.3, -0.25) is 0 Å². The van der Waals surface area contributed by atoms with Crippen molar-refractivity contribution in [2.75, 3.05) is 33.9 Å². The van der Waals surface area contributed by atoms with Crippen LogP contribution in [-0.2, 0) is 5.60 Å². The highest BCUT2D eigenvalue weighted by Gasteiger charge is 2.53. The lowest BCUT2D eigenvalue weighted by Gasteiger charge is -2.53. The Balaban J connectivity index is 1.57. The minimum absolute atomic E-state index is 0.208. The first-order valence-corrected chi connectivity index (χ1v) is 10.5. The van der Waals surface area contributed by atoms with Crippen LogP contribution in [0.25, 0.3) is 0 Å². The van der Waals surface area contributed by atoms with E-state index in [1.165, 1.54) is 45.1 Å². The molecular weight excluding hydrogens is 342 g/mol. The highest BCUT2D eigenvalue weighted by Crippen LogP contribution is 2.51. The Kier molecular flexibility index (Phi) is 5.55. The summed E-state index contributed by atoms with van der Waals surface area (Å²) in [6.45, 7) is 3.11. The van der Waals surface area contributed by atoms with Gasteiger partial charge in [0.1, 0.15) is 5.60 Å². The van der Waals surface area contributed by atoms with Gasteiger partial charge in [-0.2, -0.15) is 4.98 Å². The second kappa shape index (κ2) is 7.92. The molecule has 0 spiro atoms. The fourth-order valence-corrected chi connectivity index (χ4v) is 5.75. The van der Waals surface area contributed by atoms with Gasteiger partial charge in [-0.25, -0.2) is 4.98 Å². The van der Waals surface area contributed by atoms with Crippen LogP contribution >= 0.6 is 0 Å². The number of fused-ring (bicyclic) bond motifs is 2. The van der Waals surface area contributed by atoms with Gasteiger partial charge in [-0.1, -0.05) is 25.7 Å². The lowest BCUT2D eigenvalue weighted by atomic mass is 9.62. The van der Waals surface area contributed by atoms with Crippen LogP contribution in [0.3, 0.4) is 0 Å². The predicted molar refractivity (Wildman–Crippen MR) is 103 cm³/mol. The molecule has 150 valence electrons. The summed E-state index contributed by atoms with van der Waals surface area (Å²) < 4.78 is 10.7. The van der Waals surface area contributed by atoms with Crippen molar-refractivity contribution in [3.8, 4) is 11.9 Å². The molecule has 2 aliphatic carbocycles. The predicted octanol–water partition coefficient (Wildman–Crippen LogP) is 2.99. The normalized spacial score (nSPS) is 32.3. The molecule has 0 amide bonds. The number of ether oxygens (including phenoxy) is 2. The Morgan fingerprint density at radius 1 is 1.04 bits per heavy atom. The highest BCUT2D eigenvalue weighted by atomic mass is 16.5. The molecule has 6 nitrogen and oxygen atoms in total. The van der Waals surface area contributed by atoms with Crippen molar-refractivity contribution in [2.24, 2.45) is 17.8 Å². The number of hydrogen-bond acceptors (Lipinski definition) is 6. The smallest absolute Gasteiger partial charge is 0.319 e. The van der Waals surface area contributed by atoms with E-state index < -0.39 is 5.60 Å². The first-order valence-electron chi connectivity index (χ1n) is 10.5. The lowest BCUT2D eigenvalue weighted by Crippen LogP contribution is -2.58. The van der Waals surface area contributed by atoms with E-state index in [1.807, 2.05) is 0 Å². The maximum absolute atomic E-state index is 11.9. The number of rotatable bonds is 5. The van der Waals surface area contributed by atoms with Gasteiger partial charge in [0.25, 0.3) is 0 Å². The largest absolute Gasteiger partial charge is 0.481 e. The molecule has 4 rings (SSSR count). The van der Waals surface area contributed by atoms with Crippen molar-refractivity contribution in [1.29, 1.82) is 0 Å². The third kappa shape index (κ3) is 3.54. The van der Waals surface area contributed by atoms with E-state index in [0.717, 1.165) is 37.4 Å². The molecule has 2 heterocycles. The topological polar surface area (TPSA) is 67.7 Å². The summed E-state index contributed by atoms with van der Waals surface area (Å²) in [7, 11) is 3.14. The zero-order chi connectivity index (χ0) is 18.9. The van der Waals surface area contributed by atoms with Crippen LogP contribution in [0.1, 0.15) is 56.9 Å². The quantitative estimate of drug-likeness (QED) is 0.853. The van der Waals surface area contributed by atoms with Crippen molar-refractivity contribution in [2.45, 2.75) is 57.0 Å². The molecule has 3 aliphatic rings. The summed E-state index contributed by atoms with van der Waals surface area (Å²) in [4.78, 5) is 11.2. The number of piperidine rings is 1. The zero-order valence-electron chi connectivity index (χ0n) is 16.7. The van der Waals surface area contributed by atoms with Crippen LogP contribution in [-0.4, -0.2) is 53.8 Å². The van der Waals surface area contributed by atoms with Gasteiger partial charge in [-0.15, -0.1) is 0 Å². The van der Waals surface area contributed by atoms with E-state index >= 15 is 0 Å². The highest BCUT2D eigenvalue weighted by molar-refractivity contribution is 5.34. The van der Waals surface area contributed by atoms with E-state index in [-0.39, 0.29) is 17.8 Å². The van der Waals surface area contributed by atoms with Crippen molar-refractivity contribution in [3.05, 3.63) is 11.8 Å². The molecular formula is C21H33N3O3. The molecule has 3 fully saturated rings. The monoisotopic (exact) mass is 375 g/mol. The maximum atomic E-state index is 11.9. The summed E-state index contributed by atoms with van der Waals surface area (Å²) in [5, 5.41) is 11.9. The molecule has 2 saturated carbocycles. The summed E-state index contributed by atoms with van der Waals surface area (Å²) >= 11 is 0. The summed E-state index contributed by atoms with van der Waals surface area (Å²) in [5.41, 5.74) is -0.170. The first kappa shape index (κ1) is 18.9. The summed E-state index contributed by atoms with van der Waals surface area (Å²) in [6, 6.07) is 0.277. The molecule has 27 heavy (non-hydrogen) atoms. The Morgan fingerprint density at radius 2 is 1.74 bits per heavy atom. The maximum Gasteiger partial charge on any atom is 0.319 e. The van der Waals surface area contributed by atoms with E-state index in [2.05, 4.69) is 14.9 Å². The molecule has 2 atom stereocenters. The van der Waals surface area contributed by atoms with Crippen LogP contribution < -0.4 is 9.47 Å². The van der Waals surface area contributed by atoms with Gasteiger partial charge >= 0.3 is 6.01 Å². The minimum Gasteiger partial charge on any atom is -0.481 e. The SMILES string of the molecule is COc1ncc(C2(O)[C@@H]3CCC[C@@H]2CN(CC2CCCCC2)C3)c(OC)n1. The number of methoxy groups -OCH3 is 2. The Morgan fingerprint density at radius 3 is 2.37 bits per heavy atom. The average Bonchev–Trinajstić information content (AvgIpc) is 2.69. The van der Waals surface area contributed by atoms with Crippen LogP contribution in [0.4, 0.5) is 0 Å². The first-order chi connectivity index (χ1) is 13.1. The molecule has 1 aliphatic heterocycles. The van der Waals surface area contributed by atoms with Gasteiger partial charge in [0, 0.05) is 37.7 Å². The van der Waals surface area contributed by atoms with Crippen LogP contribution in [0.5, 0.6) is 11.9 Å². The summed E-state index contributed by atoms with van der Waals surface area (Å²) in [5.74, 6) is 1.70. The number of hydrogen-bond donors (Lipinski definition) is 1. The van der Waals surface area contributed by atoms with Gasteiger partial charge < -0.3 is 19.5 Å². The molecule has 0 radical (unpaired) electrons. The third-order valence-corrected chi connectivity index (χ3v) is 7.09. The van der Waals surface area contributed by atoms with Crippen LogP contribution in [0, 0.1) is 17.8 Å². The van der Waals surface area contributed by atoms with Gasteiger partial charge in [0.05, 0.1) is 19.8 Å². The Labute approximate surface area is 162 Å². The molecule has 0 unspecified atom stereocenters. The molecule has 2 bridgehead atoms. The van der Waals surface area contributed by atoms with Crippen molar-refractivity contribution < 1.29 is 14.6 Å². The number of aliphatic hydroxyl groups is 1.